The van der Waals surface area contributed by atoms with Gasteiger partial charge >= 0.3 is 0 Å². The van der Waals surface area contributed by atoms with E-state index in [1.807, 2.05) is 0 Å². The normalized spacial score (nSPS) is 13.2. The zero-order valence-electron chi connectivity index (χ0n) is 10.9. The third kappa shape index (κ3) is 4.95. The Labute approximate surface area is 121 Å². The van der Waals surface area contributed by atoms with Crippen LogP contribution in [0.15, 0.2) is 15.9 Å². The van der Waals surface area contributed by atoms with E-state index in [9.17, 15) is 0 Å². The van der Waals surface area contributed by atoms with Crippen molar-refractivity contribution in [1.82, 2.24) is 4.90 Å². The van der Waals surface area contributed by atoms with E-state index in [1.165, 1.54) is 4.88 Å². The average molecular weight is 337 g/mol. The molecule has 0 aromatic carbocycles. The number of nitrogens with two attached hydrogens (primary N) is 1. The smallest absolute Gasteiger partial charge is 0.0589 e. The van der Waals surface area contributed by atoms with Gasteiger partial charge in [-0.25, -0.2) is 0 Å². The number of hydrogen-bond acceptors (Lipinski definition) is 5. The Bertz CT molecular complexity index is 328. The maximum absolute atomic E-state index is 5.93. The predicted octanol–water partition coefficient (Wildman–Crippen LogP) is 2.11. The molecule has 1 atom stereocenters. The lowest BCUT2D eigenvalue weighted by molar-refractivity contribution is 0.0901. The van der Waals surface area contributed by atoms with E-state index in [0.29, 0.717) is 19.8 Å². The molecule has 0 fully saturated rings. The van der Waals surface area contributed by atoms with Crippen LogP contribution in [0, 0.1) is 0 Å². The highest BCUT2D eigenvalue weighted by atomic mass is 79.9. The number of nitrogens with zero attached hydrogens (tertiary/aromatic N) is 1. The van der Waals surface area contributed by atoms with Crippen molar-refractivity contribution in [3.8, 4) is 0 Å². The molecule has 0 radical (unpaired) electrons. The fourth-order valence-corrected chi connectivity index (χ4v) is 3.38. The molecule has 0 aliphatic rings. The van der Waals surface area contributed by atoms with Gasteiger partial charge in [0.15, 0.2) is 0 Å². The summed E-state index contributed by atoms with van der Waals surface area (Å²) in [6, 6.07) is 2.36. The molecule has 18 heavy (non-hydrogen) atoms. The fourth-order valence-electron chi connectivity index (χ4n) is 1.79. The van der Waals surface area contributed by atoms with Crippen molar-refractivity contribution in [2.75, 3.05) is 47.1 Å². The number of hydrogen-bond donors (Lipinski definition) is 1. The minimum absolute atomic E-state index is 0.228. The second-order valence-corrected chi connectivity index (χ2v) is 5.80. The first-order valence-corrected chi connectivity index (χ1v) is 7.56. The number of halogens is 1. The first kappa shape index (κ1) is 16.1. The molecule has 0 aliphatic carbocycles. The lowest BCUT2D eigenvalue weighted by Gasteiger charge is -2.29. The van der Waals surface area contributed by atoms with E-state index >= 15 is 0 Å². The van der Waals surface area contributed by atoms with Crippen LogP contribution in [-0.4, -0.2) is 52.0 Å². The van der Waals surface area contributed by atoms with Crippen LogP contribution in [-0.2, 0) is 9.47 Å². The highest BCUT2D eigenvalue weighted by Crippen LogP contribution is 2.28. The standard InChI is InChI=1S/C12H21BrN2O2S/c1-16-5-3-15(4-6-17-2)11(8-14)12-7-10(13)9-18-12/h7,9,11H,3-6,8,14H2,1-2H3. The summed E-state index contributed by atoms with van der Waals surface area (Å²) in [5.41, 5.74) is 5.93. The maximum Gasteiger partial charge on any atom is 0.0589 e. The highest BCUT2D eigenvalue weighted by Gasteiger charge is 2.20. The molecular formula is C12H21BrN2O2S. The van der Waals surface area contributed by atoms with Gasteiger partial charge in [0.25, 0.3) is 0 Å². The zero-order valence-corrected chi connectivity index (χ0v) is 13.3. The molecular weight excluding hydrogens is 316 g/mol. The molecule has 1 rings (SSSR count). The topological polar surface area (TPSA) is 47.7 Å². The summed E-state index contributed by atoms with van der Waals surface area (Å²) in [5, 5.41) is 2.09. The molecule has 0 saturated carbocycles. The van der Waals surface area contributed by atoms with Gasteiger partial charge in [-0.3, -0.25) is 4.90 Å². The predicted molar refractivity (Wildman–Crippen MR) is 79.1 cm³/mol. The van der Waals surface area contributed by atoms with Crippen LogP contribution < -0.4 is 5.73 Å². The van der Waals surface area contributed by atoms with Crippen molar-refractivity contribution >= 4 is 27.3 Å². The van der Waals surface area contributed by atoms with Gasteiger partial charge in [-0.05, 0) is 22.0 Å². The van der Waals surface area contributed by atoms with Crippen molar-refractivity contribution in [3.63, 3.8) is 0 Å². The maximum atomic E-state index is 5.93. The second kappa shape index (κ2) is 9.01. The lowest BCUT2D eigenvalue weighted by atomic mass is 10.2. The monoisotopic (exact) mass is 336 g/mol. The van der Waals surface area contributed by atoms with Crippen LogP contribution in [0.25, 0.3) is 0 Å². The Morgan fingerprint density at radius 2 is 1.94 bits per heavy atom. The van der Waals surface area contributed by atoms with E-state index < -0.39 is 0 Å². The fraction of sp³-hybridized carbons (Fsp3) is 0.667. The Kier molecular flexibility index (Phi) is 8.05. The Morgan fingerprint density at radius 3 is 2.33 bits per heavy atom. The summed E-state index contributed by atoms with van der Waals surface area (Å²) in [7, 11) is 3.43. The van der Waals surface area contributed by atoms with Crippen molar-refractivity contribution in [2.24, 2.45) is 5.73 Å². The molecule has 0 bridgehead atoms. The molecule has 2 N–H and O–H groups in total. The Hall–Kier alpha value is 0.0200. The third-order valence-corrected chi connectivity index (χ3v) is 4.54. The minimum Gasteiger partial charge on any atom is -0.383 e. The van der Waals surface area contributed by atoms with Gasteiger partial charge in [0.2, 0.25) is 0 Å². The molecule has 104 valence electrons. The highest BCUT2D eigenvalue weighted by molar-refractivity contribution is 9.10. The number of rotatable bonds is 9. The van der Waals surface area contributed by atoms with Gasteiger partial charge in [-0.1, -0.05) is 0 Å². The van der Waals surface area contributed by atoms with E-state index in [0.717, 1.165) is 17.6 Å². The molecule has 6 heteroatoms. The van der Waals surface area contributed by atoms with Crippen molar-refractivity contribution < 1.29 is 9.47 Å². The minimum atomic E-state index is 0.228. The van der Waals surface area contributed by atoms with E-state index in [-0.39, 0.29) is 6.04 Å². The summed E-state index contributed by atoms with van der Waals surface area (Å²) in [5.74, 6) is 0. The van der Waals surface area contributed by atoms with Crippen LogP contribution >= 0.6 is 27.3 Å². The number of methoxy groups -OCH3 is 2. The molecule has 4 nitrogen and oxygen atoms in total. The van der Waals surface area contributed by atoms with Gasteiger partial charge in [-0.2, -0.15) is 0 Å². The van der Waals surface area contributed by atoms with Crippen molar-refractivity contribution in [3.05, 3.63) is 20.8 Å². The second-order valence-electron chi connectivity index (χ2n) is 3.94. The molecule has 0 aliphatic heterocycles. The molecule has 0 amide bonds. The first-order valence-electron chi connectivity index (χ1n) is 5.88. The quantitative estimate of drug-likeness (QED) is 0.750. The van der Waals surface area contributed by atoms with Gasteiger partial charge in [0, 0.05) is 48.6 Å². The molecule has 1 unspecified atom stereocenters. The molecule has 1 aromatic rings. The van der Waals surface area contributed by atoms with Crippen LogP contribution in [0.3, 0.4) is 0 Å². The van der Waals surface area contributed by atoms with Gasteiger partial charge in [0.1, 0.15) is 0 Å². The van der Waals surface area contributed by atoms with E-state index in [2.05, 4.69) is 32.3 Å². The number of ether oxygens (including phenoxy) is 2. The van der Waals surface area contributed by atoms with Gasteiger partial charge < -0.3 is 15.2 Å². The summed E-state index contributed by atoms with van der Waals surface area (Å²) in [6.45, 7) is 3.72. The Morgan fingerprint density at radius 1 is 1.33 bits per heavy atom. The molecule has 0 saturated heterocycles. The first-order chi connectivity index (χ1) is 8.72. The zero-order chi connectivity index (χ0) is 13.4. The van der Waals surface area contributed by atoms with Gasteiger partial charge in [-0.15, -0.1) is 11.3 Å². The largest absolute Gasteiger partial charge is 0.383 e. The molecule has 1 aromatic heterocycles. The van der Waals surface area contributed by atoms with Gasteiger partial charge in [0.05, 0.1) is 19.3 Å². The van der Waals surface area contributed by atoms with Crippen LogP contribution in [0.1, 0.15) is 10.9 Å². The summed E-state index contributed by atoms with van der Waals surface area (Å²) in [6.07, 6.45) is 0. The number of thiophene rings is 1. The van der Waals surface area contributed by atoms with Crippen LogP contribution in [0.5, 0.6) is 0 Å². The van der Waals surface area contributed by atoms with Crippen LogP contribution in [0.4, 0.5) is 0 Å². The average Bonchev–Trinajstić information content (AvgIpc) is 2.79. The molecule has 1 heterocycles. The Balaban J connectivity index is 2.71. The SMILES string of the molecule is COCCN(CCOC)C(CN)c1cc(Br)cs1. The molecule has 0 spiro atoms. The van der Waals surface area contributed by atoms with Crippen LogP contribution in [0.2, 0.25) is 0 Å². The van der Waals surface area contributed by atoms with E-state index in [4.69, 9.17) is 15.2 Å². The summed E-state index contributed by atoms with van der Waals surface area (Å²) in [4.78, 5) is 3.59. The van der Waals surface area contributed by atoms with E-state index in [1.54, 1.807) is 25.6 Å². The lowest BCUT2D eigenvalue weighted by Crippen LogP contribution is -2.37. The summed E-state index contributed by atoms with van der Waals surface area (Å²) >= 11 is 5.21. The third-order valence-electron chi connectivity index (χ3n) is 2.75. The summed E-state index contributed by atoms with van der Waals surface area (Å²) < 4.78 is 11.4. The van der Waals surface area contributed by atoms with Crippen molar-refractivity contribution in [1.29, 1.82) is 0 Å². The van der Waals surface area contributed by atoms with Crippen molar-refractivity contribution in [2.45, 2.75) is 6.04 Å².